The minimum atomic E-state index is -0.595. The highest BCUT2D eigenvalue weighted by Crippen LogP contribution is 2.39. The first-order valence-electron chi connectivity index (χ1n) is 10.8. The zero-order valence-electron chi connectivity index (χ0n) is 18.6. The van der Waals surface area contributed by atoms with Crippen LogP contribution in [0, 0.1) is 0 Å². The fourth-order valence-corrected chi connectivity index (χ4v) is 4.39. The number of hydrogen-bond acceptors (Lipinski definition) is 6. The van der Waals surface area contributed by atoms with Gasteiger partial charge in [-0.05, 0) is 64.9 Å². The van der Waals surface area contributed by atoms with Gasteiger partial charge < -0.3 is 24.4 Å². The molecule has 1 aromatic heterocycles. The SMILES string of the molecule is COc1ccc2ccc(=O)n3c2c1OCC3CN(C(=O)OC(C)(C)C)C1CCNCC1. The van der Waals surface area contributed by atoms with Crippen molar-refractivity contribution in [3.63, 3.8) is 0 Å². The number of hydrogen-bond donors (Lipinski definition) is 1. The van der Waals surface area contributed by atoms with Gasteiger partial charge in [0.05, 0.1) is 18.7 Å². The van der Waals surface area contributed by atoms with Crippen molar-refractivity contribution in [1.82, 2.24) is 14.8 Å². The lowest BCUT2D eigenvalue weighted by molar-refractivity contribution is 0.00728. The number of rotatable bonds is 4. The first-order chi connectivity index (χ1) is 14.8. The van der Waals surface area contributed by atoms with Crippen molar-refractivity contribution in [2.45, 2.75) is 51.3 Å². The van der Waals surface area contributed by atoms with Gasteiger partial charge in [-0.25, -0.2) is 4.79 Å². The molecule has 1 aromatic carbocycles. The van der Waals surface area contributed by atoms with Crippen molar-refractivity contribution < 1.29 is 19.0 Å². The summed E-state index contributed by atoms with van der Waals surface area (Å²) in [5, 5.41) is 4.23. The molecular weight excluding hydrogens is 398 g/mol. The monoisotopic (exact) mass is 429 g/mol. The third-order valence-electron chi connectivity index (χ3n) is 5.80. The van der Waals surface area contributed by atoms with E-state index < -0.39 is 5.60 Å². The number of nitrogens with one attached hydrogen (secondary N) is 1. The van der Waals surface area contributed by atoms with Gasteiger partial charge in [0.25, 0.3) is 5.56 Å². The van der Waals surface area contributed by atoms with Gasteiger partial charge >= 0.3 is 6.09 Å². The van der Waals surface area contributed by atoms with Crippen LogP contribution in [-0.2, 0) is 4.74 Å². The lowest BCUT2D eigenvalue weighted by Crippen LogP contribution is -2.51. The third kappa shape index (κ3) is 4.35. The maximum absolute atomic E-state index is 13.1. The Labute approximate surface area is 182 Å². The first-order valence-corrected chi connectivity index (χ1v) is 10.8. The summed E-state index contributed by atoms with van der Waals surface area (Å²) < 4.78 is 19.0. The van der Waals surface area contributed by atoms with E-state index in [4.69, 9.17) is 14.2 Å². The molecule has 1 amide bonds. The van der Waals surface area contributed by atoms with Gasteiger partial charge in [0.2, 0.25) is 0 Å². The molecule has 1 N–H and O–H groups in total. The first kappa shape index (κ1) is 21.5. The molecule has 0 aliphatic carbocycles. The fourth-order valence-electron chi connectivity index (χ4n) is 4.39. The molecule has 2 aliphatic rings. The van der Waals surface area contributed by atoms with Crippen molar-refractivity contribution in [3.05, 3.63) is 34.6 Å². The molecule has 0 spiro atoms. The Morgan fingerprint density at radius 2 is 1.94 bits per heavy atom. The summed E-state index contributed by atoms with van der Waals surface area (Å²) in [6, 6.07) is 6.85. The summed E-state index contributed by atoms with van der Waals surface area (Å²) in [5.41, 5.74) is -0.00964. The molecule has 0 radical (unpaired) electrons. The predicted octanol–water partition coefficient (Wildman–Crippen LogP) is 2.93. The summed E-state index contributed by atoms with van der Waals surface area (Å²) in [4.78, 5) is 27.9. The second-order valence-electron chi connectivity index (χ2n) is 9.16. The molecule has 8 heteroatoms. The second-order valence-corrected chi connectivity index (χ2v) is 9.16. The molecule has 2 aliphatic heterocycles. The van der Waals surface area contributed by atoms with E-state index in [0.29, 0.717) is 23.6 Å². The Hall–Kier alpha value is -2.74. The maximum Gasteiger partial charge on any atom is 0.410 e. The van der Waals surface area contributed by atoms with Crippen LogP contribution in [0.5, 0.6) is 11.5 Å². The van der Waals surface area contributed by atoms with Crippen LogP contribution in [0.2, 0.25) is 0 Å². The molecule has 4 rings (SSSR count). The van der Waals surface area contributed by atoms with E-state index in [2.05, 4.69) is 5.32 Å². The average Bonchev–Trinajstić information content (AvgIpc) is 2.74. The number of carbonyl (C=O) groups is 1. The smallest absolute Gasteiger partial charge is 0.410 e. The van der Waals surface area contributed by atoms with Crippen LogP contribution in [0.25, 0.3) is 10.9 Å². The Bertz CT molecular complexity index is 1020. The lowest BCUT2D eigenvalue weighted by atomic mass is 10.0. The summed E-state index contributed by atoms with van der Waals surface area (Å²) in [5.74, 6) is 1.16. The Morgan fingerprint density at radius 3 is 2.61 bits per heavy atom. The molecule has 1 fully saturated rings. The standard InChI is InChI=1S/C23H31N3O5/c1-23(2,3)31-22(28)25(16-9-11-24-12-10-16)13-17-14-30-21-18(29-4)7-5-15-6-8-19(27)26(17)20(15)21/h5-8,16-17,24H,9-14H2,1-4H3. The predicted molar refractivity (Wildman–Crippen MR) is 118 cm³/mol. The Morgan fingerprint density at radius 1 is 1.23 bits per heavy atom. The van der Waals surface area contributed by atoms with Gasteiger partial charge in [-0.2, -0.15) is 0 Å². The van der Waals surface area contributed by atoms with Crippen LogP contribution < -0.4 is 20.3 Å². The van der Waals surface area contributed by atoms with Crippen LogP contribution in [-0.4, -0.2) is 60.6 Å². The fraction of sp³-hybridized carbons (Fsp3) is 0.565. The molecule has 31 heavy (non-hydrogen) atoms. The van der Waals surface area contributed by atoms with E-state index in [1.165, 1.54) is 0 Å². The zero-order valence-corrected chi connectivity index (χ0v) is 18.6. The van der Waals surface area contributed by atoms with Crippen LogP contribution in [0.1, 0.15) is 39.7 Å². The summed E-state index contributed by atoms with van der Waals surface area (Å²) in [6.45, 7) is 7.91. The van der Waals surface area contributed by atoms with Crippen molar-refractivity contribution in [1.29, 1.82) is 0 Å². The van der Waals surface area contributed by atoms with E-state index in [1.54, 1.807) is 28.7 Å². The van der Waals surface area contributed by atoms with Crippen LogP contribution >= 0.6 is 0 Å². The van der Waals surface area contributed by atoms with Crippen molar-refractivity contribution in [2.24, 2.45) is 0 Å². The van der Waals surface area contributed by atoms with E-state index in [1.807, 2.05) is 32.9 Å². The third-order valence-corrected chi connectivity index (χ3v) is 5.80. The highest BCUT2D eigenvalue weighted by atomic mass is 16.6. The van der Waals surface area contributed by atoms with Crippen LogP contribution in [0.3, 0.4) is 0 Å². The highest BCUT2D eigenvalue weighted by Gasteiger charge is 2.34. The van der Waals surface area contributed by atoms with Gasteiger partial charge in [0.1, 0.15) is 12.2 Å². The normalized spacial score (nSPS) is 19.0. The number of benzene rings is 1. The number of aromatic nitrogens is 1. The molecule has 0 bridgehead atoms. The molecule has 3 heterocycles. The molecule has 1 atom stereocenters. The second kappa shape index (κ2) is 8.42. The quantitative estimate of drug-likeness (QED) is 0.805. The number of pyridine rings is 1. The molecule has 2 aromatic rings. The van der Waals surface area contributed by atoms with E-state index >= 15 is 0 Å². The molecule has 1 unspecified atom stereocenters. The summed E-state index contributed by atoms with van der Waals surface area (Å²) in [7, 11) is 1.58. The van der Waals surface area contributed by atoms with Gasteiger partial charge in [-0.1, -0.05) is 0 Å². The minimum Gasteiger partial charge on any atom is -0.493 e. The minimum absolute atomic E-state index is 0.0534. The van der Waals surface area contributed by atoms with Crippen molar-refractivity contribution >= 4 is 17.0 Å². The lowest BCUT2D eigenvalue weighted by Gasteiger charge is -2.39. The summed E-state index contributed by atoms with van der Waals surface area (Å²) >= 11 is 0. The number of carbonyl (C=O) groups excluding carboxylic acids is 1. The van der Waals surface area contributed by atoms with Crippen LogP contribution in [0.4, 0.5) is 4.79 Å². The Balaban J connectivity index is 1.72. The summed E-state index contributed by atoms with van der Waals surface area (Å²) in [6.07, 6.45) is 1.34. The van der Waals surface area contributed by atoms with E-state index in [0.717, 1.165) is 31.3 Å². The van der Waals surface area contributed by atoms with Crippen LogP contribution in [0.15, 0.2) is 29.1 Å². The molecule has 1 saturated heterocycles. The maximum atomic E-state index is 13.1. The van der Waals surface area contributed by atoms with Gasteiger partial charge in [0.15, 0.2) is 11.5 Å². The highest BCUT2D eigenvalue weighted by molar-refractivity contribution is 5.88. The number of methoxy groups -OCH3 is 1. The van der Waals surface area contributed by atoms with Gasteiger partial charge in [-0.3, -0.25) is 9.36 Å². The topological polar surface area (TPSA) is 82.0 Å². The number of amides is 1. The van der Waals surface area contributed by atoms with Crippen molar-refractivity contribution in [2.75, 3.05) is 33.4 Å². The van der Waals surface area contributed by atoms with Gasteiger partial charge in [-0.15, -0.1) is 0 Å². The number of nitrogens with zero attached hydrogens (tertiary/aromatic N) is 2. The van der Waals surface area contributed by atoms with Gasteiger partial charge in [0, 0.05) is 24.0 Å². The van der Waals surface area contributed by atoms with Crippen molar-refractivity contribution in [3.8, 4) is 11.5 Å². The molecular formula is C23H31N3O5. The number of ether oxygens (including phenoxy) is 3. The molecule has 0 saturated carbocycles. The zero-order chi connectivity index (χ0) is 22.2. The average molecular weight is 430 g/mol. The van der Waals surface area contributed by atoms with E-state index in [9.17, 15) is 9.59 Å². The van der Waals surface area contributed by atoms with E-state index in [-0.39, 0.29) is 30.3 Å². The molecule has 8 nitrogen and oxygen atoms in total. The number of piperidine rings is 1. The Kier molecular flexibility index (Phi) is 5.83. The largest absolute Gasteiger partial charge is 0.493 e. The molecule has 168 valence electrons.